The third-order valence-corrected chi connectivity index (χ3v) is 5.59. The number of aryl methyl sites for hydroxylation is 1. The summed E-state index contributed by atoms with van der Waals surface area (Å²) in [4.78, 5) is 12.3. The molecule has 0 aliphatic carbocycles. The second kappa shape index (κ2) is 9.04. The van der Waals surface area contributed by atoms with Crippen molar-refractivity contribution >= 4 is 34.2 Å². The molecule has 0 saturated heterocycles. The SMILES string of the molecule is COc1ccccc1OCCNC(=O)CSc1nnc2cc(C)c3ccccc3n12. The number of rotatable bonds is 8. The van der Waals surface area contributed by atoms with Crippen molar-refractivity contribution in [3.63, 3.8) is 0 Å². The first-order chi connectivity index (χ1) is 14.7. The van der Waals surface area contributed by atoms with Gasteiger partial charge in [0, 0.05) is 5.39 Å². The summed E-state index contributed by atoms with van der Waals surface area (Å²) in [6, 6.07) is 17.5. The molecule has 0 spiro atoms. The third-order valence-electron chi connectivity index (χ3n) is 4.66. The molecular weight excluding hydrogens is 400 g/mol. The van der Waals surface area contributed by atoms with Crippen molar-refractivity contribution in [2.24, 2.45) is 0 Å². The number of nitrogens with one attached hydrogen (secondary N) is 1. The number of pyridine rings is 1. The van der Waals surface area contributed by atoms with Gasteiger partial charge in [0.25, 0.3) is 0 Å². The number of amides is 1. The number of methoxy groups -OCH3 is 1. The highest BCUT2D eigenvalue weighted by Gasteiger charge is 2.13. The van der Waals surface area contributed by atoms with Gasteiger partial charge in [0.05, 0.1) is 24.9 Å². The largest absolute Gasteiger partial charge is 0.493 e. The van der Waals surface area contributed by atoms with Gasteiger partial charge < -0.3 is 14.8 Å². The van der Waals surface area contributed by atoms with Crippen molar-refractivity contribution in [1.29, 1.82) is 0 Å². The van der Waals surface area contributed by atoms with Crippen LogP contribution in [0.15, 0.2) is 59.8 Å². The Labute approximate surface area is 178 Å². The Hall–Kier alpha value is -3.26. The number of nitrogens with zero attached hydrogens (tertiary/aromatic N) is 3. The fraction of sp³-hybridized carbons (Fsp3) is 0.227. The van der Waals surface area contributed by atoms with Crippen LogP contribution < -0.4 is 14.8 Å². The van der Waals surface area contributed by atoms with Crippen molar-refractivity contribution in [3.05, 3.63) is 60.2 Å². The third kappa shape index (κ3) is 4.18. The molecule has 2 aromatic heterocycles. The highest BCUT2D eigenvalue weighted by atomic mass is 32.2. The van der Waals surface area contributed by atoms with Gasteiger partial charge in [0.1, 0.15) is 6.61 Å². The summed E-state index contributed by atoms with van der Waals surface area (Å²) in [6.45, 7) is 2.82. The molecule has 30 heavy (non-hydrogen) atoms. The smallest absolute Gasteiger partial charge is 0.230 e. The van der Waals surface area contributed by atoms with E-state index in [4.69, 9.17) is 9.47 Å². The first-order valence-corrected chi connectivity index (χ1v) is 10.5. The molecule has 0 unspecified atom stereocenters. The van der Waals surface area contributed by atoms with Gasteiger partial charge in [-0.1, -0.05) is 42.1 Å². The lowest BCUT2D eigenvalue weighted by Gasteiger charge is -2.11. The van der Waals surface area contributed by atoms with Crippen LogP contribution >= 0.6 is 11.8 Å². The van der Waals surface area contributed by atoms with Crippen LogP contribution in [0, 0.1) is 6.92 Å². The summed E-state index contributed by atoms with van der Waals surface area (Å²) in [5, 5.41) is 13.2. The molecule has 2 heterocycles. The number of aromatic nitrogens is 3. The molecule has 1 amide bonds. The van der Waals surface area contributed by atoms with Gasteiger partial charge in [-0.25, -0.2) is 0 Å². The van der Waals surface area contributed by atoms with Gasteiger partial charge in [0.2, 0.25) is 5.91 Å². The number of hydrogen-bond acceptors (Lipinski definition) is 6. The predicted molar refractivity (Wildman–Crippen MR) is 117 cm³/mol. The first-order valence-electron chi connectivity index (χ1n) is 9.56. The van der Waals surface area contributed by atoms with Crippen molar-refractivity contribution in [3.8, 4) is 11.5 Å². The maximum atomic E-state index is 12.3. The molecule has 4 aromatic rings. The van der Waals surface area contributed by atoms with Crippen LogP contribution in [-0.2, 0) is 4.79 Å². The van der Waals surface area contributed by atoms with Crippen LogP contribution in [0.1, 0.15) is 5.56 Å². The second-order valence-corrected chi connectivity index (χ2v) is 7.60. The molecule has 8 heteroatoms. The highest BCUT2D eigenvalue weighted by molar-refractivity contribution is 7.99. The van der Waals surface area contributed by atoms with Crippen molar-refractivity contribution in [1.82, 2.24) is 19.9 Å². The minimum Gasteiger partial charge on any atom is -0.493 e. The Morgan fingerprint density at radius 1 is 1.10 bits per heavy atom. The Bertz CT molecular complexity index is 1190. The molecule has 0 atom stereocenters. The van der Waals surface area contributed by atoms with E-state index in [2.05, 4.69) is 28.5 Å². The van der Waals surface area contributed by atoms with E-state index in [1.807, 2.05) is 52.9 Å². The molecule has 2 aromatic carbocycles. The van der Waals surface area contributed by atoms with E-state index >= 15 is 0 Å². The number of fused-ring (bicyclic) bond motifs is 3. The number of ether oxygens (including phenoxy) is 2. The standard InChI is InChI=1S/C22H22N4O3S/c1-15-13-20-24-25-22(26(20)17-8-4-3-7-16(15)17)30-14-21(27)23-11-12-29-19-10-6-5-9-18(19)28-2/h3-10,13H,11-12,14H2,1-2H3,(H,23,27). The van der Waals surface area contributed by atoms with E-state index < -0.39 is 0 Å². The van der Waals surface area contributed by atoms with Crippen LogP contribution in [0.25, 0.3) is 16.6 Å². The maximum absolute atomic E-state index is 12.3. The molecule has 154 valence electrons. The molecule has 1 N–H and O–H groups in total. The summed E-state index contributed by atoms with van der Waals surface area (Å²) >= 11 is 1.36. The normalized spacial score (nSPS) is 11.0. The average molecular weight is 423 g/mol. The summed E-state index contributed by atoms with van der Waals surface area (Å²) in [6.07, 6.45) is 0. The summed E-state index contributed by atoms with van der Waals surface area (Å²) in [5.41, 5.74) is 2.96. The van der Waals surface area contributed by atoms with Crippen LogP contribution in [-0.4, -0.2) is 46.5 Å². The molecule has 0 aliphatic heterocycles. The number of para-hydroxylation sites is 3. The Balaban J connectivity index is 1.34. The molecular formula is C22H22N4O3S. The lowest BCUT2D eigenvalue weighted by atomic mass is 10.1. The Morgan fingerprint density at radius 3 is 2.70 bits per heavy atom. The van der Waals surface area contributed by atoms with Crippen LogP contribution in [0.3, 0.4) is 0 Å². The topological polar surface area (TPSA) is 77.8 Å². The van der Waals surface area contributed by atoms with E-state index in [9.17, 15) is 4.79 Å². The zero-order valence-corrected chi connectivity index (χ0v) is 17.6. The fourth-order valence-electron chi connectivity index (χ4n) is 3.24. The lowest BCUT2D eigenvalue weighted by Crippen LogP contribution is -2.29. The van der Waals surface area contributed by atoms with E-state index in [0.717, 1.165) is 22.1 Å². The monoisotopic (exact) mass is 422 g/mol. The minimum atomic E-state index is -0.0863. The van der Waals surface area contributed by atoms with Crippen molar-refractivity contribution in [2.75, 3.05) is 26.0 Å². The molecule has 0 radical (unpaired) electrons. The first kappa shape index (κ1) is 20.0. The van der Waals surface area contributed by atoms with Gasteiger partial charge in [-0.3, -0.25) is 9.20 Å². The Kier molecular flexibility index (Phi) is 6.04. The number of thioether (sulfide) groups is 1. The van der Waals surface area contributed by atoms with Gasteiger partial charge in [0.15, 0.2) is 22.3 Å². The highest BCUT2D eigenvalue weighted by Crippen LogP contribution is 2.26. The Morgan fingerprint density at radius 2 is 1.87 bits per heavy atom. The quantitative estimate of drug-likeness (QED) is 0.346. The maximum Gasteiger partial charge on any atom is 0.230 e. The molecule has 4 rings (SSSR count). The number of carbonyl (C=O) groups is 1. The van der Waals surface area contributed by atoms with E-state index in [1.54, 1.807) is 7.11 Å². The summed E-state index contributed by atoms with van der Waals surface area (Å²) in [7, 11) is 1.60. The van der Waals surface area contributed by atoms with Gasteiger partial charge >= 0.3 is 0 Å². The number of hydrogen-bond donors (Lipinski definition) is 1. The molecule has 7 nitrogen and oxygen atoms in total. The minimum absolute atomic E-state index is 0.0863. The zero-order valence-electron chi connectivity index (χ0n) is 16.8. The van der Waals surface area contributed by atoms with Crippen LogP contribution in [0.4, 0.5) is 0 Å². The second-order valence-electron chi connectivity index (χ2n) is 6.66. The van der Waals surface area contributed by atoms with Gasteiger partial charge in [-0.2, -0.15) is 0 Å². The van der Waals surface area contributed by atoms with E-state index in [0.29, 0.717) is 29.8 Å². The van der Waals surface area contributed by atoms with Gasteiger partial charge in [-0.15, -0.1) is 10.2 Å². The molecule has 0 aliphatic rings. The number of carbonyl (C=O) groups excluding carboxylic acids is 1. The molecule has 0 bridgehead atoms. The predicted octanol–water partition coefficient (Wildman–Crippen LogP) is 3.49. The average Bonchev–Trinajstić information content (AvgIpc) is 3.18. The summed E-state index contributed by atoms with van der Waals surface area (Å²) < 4.78 is 12.9. The van der Waals surface area contributed by atoms with Gasteiger partial charge in [-0.05, 0) is 36.8 Å². The fourth-order valence-corrected chi connectivity index (χ4v) is 4.02. The van der Waals surface area contributed by atoms with E-state index in [1.165, 1.54) is 11.8 Å². The van der Waals surface area contributed by atoms with Crippen LogP contribution in [0.5, 0.6) is 11.5 Å². The molecule has 0 saturated carbocycles. The molecule has 0 fully saturated rings. The summed E-state index contributed by atoms with van der Waals surface area (Å²) in [5.74, 6) is 1.48. The van der Waals surface area contributed by atoms with Crippen LogP contribution in [0.2, 0.25) is 0 Å². The number of benzene rings is 2. The van der Waals surface area contributed by atoms with E-state index in [-0.39, 0.29) is 11.7 Å². The lowest BCUT2D eigenvalue weighted by molar-refractivity contribution is -0.118. The van der Waals surface area contributed by atoms with Crippen molar-refractivity contribution in [2.45, 2.75) is 12.1 Å². The van der Waals surface area contributed by atoms with Crippen molar-refractivity contribution < 1.29 is 14.3 Å². The zero-order chi connectivity index (χ0) is 20.9.